The lowest BCUT2D eigenvalue weighted by atomic mass is 10.2. The van der Waals surface area contributed by atoms with Gasteiger partial charge in [-0.25, -0.2) is 9.97 Å². The molecule has 4 aromatic rings. The van der Waals surface area contributed by atoms with Crippen molar-refractivity contribution in [3.05, 3.63) is 46.4 Å². The first kappa shape index (κ1) is 18.8. The zero-order chi connectivity index (χ0) is 19.5. The number of hydrogen-bond acceptors (Lipinski definition) is 9. The first-order valence-corrected chi connectivity index (χ1v) is 11.0. The Labute approximate surface area is 173 Å². The molecule has 0 unspecified atom stereocenters. The van der Waals surface area contributed by atoms with Crippen LogP contribution in [0.25, 0.3) is 22.0 Å². The molecule has 1 amide bonds. The predicted molar refractivity (Wildman–Crippen MR) is 112 cm³/mol. The molecule has 0 aliphatic carbocycles. The summed E-state index contributed by atoms with van der Waals surface area (Å²) < 4.78 is 5.64. The number of anilines is 1. The molecule has 3 heterocycles. The number of nitrogens with zero attached hydrogens (tertiary/aromatic N) is 4. The minimum atomic E-state index is -0.177. The largest absolute Gasteiger partial charge is 0.410 e. The Hall–Kier alpha value is -2.56. The van der Waals surface area contributed by atoms with Crippen LogP contribution in [0.5, 0.6) is 0 Å². The van der Waals surface area contributed by atoms with Crippen LogP contribution in [0, 0.1) is 13.8 Å². The third-order valence-corrected chi connectivity index (χ3v) is 6.29. The molecule has 7 nitrogen and oxygen atoms in total. The Morgan fingerprint density at radius 2 is 2.00 bits per heavy atom. The zero-order valence-corrected chi connectivity index (χ0v) is 17.5. The quantitative estimate of drug-likeness (QED) is 0.445. The summed E-state index contributed by atoms with van der Waals surface area (Å²) in [6.07, 6.45) is 0. The average Bonchev–Trinajstić information content (AvgIpc) is 3.41. The number of carbonyl (C=O) groups is 1. The van der Waals surface area contributed by atoms with Gasteiger partial charge in [0.2, 0.25) is 5.91 Å². The van der Waals surface area contributed by atoms with Crippen molar-refractivity contribution in [2.75, 3.05) is 11.1 Å². The summed E-state index contributed by atoms with van der Waals surface area (Å²) in [6, 6.07) is 9.83. The smallest absolute Gasteiger partial charge is 0.277 e. The van der Waals surface area contributed by atoms with Crippen LogP contribution in [-0.4, -0.2) is 31.8 Å². The van der Waals surface area contributed by atoms with E-state index in [1.54, 1.807) is 0 Å². The number of hydrogen-bond donors (Lipinski definition) is 1. The number of thioether (sulfide) groups is 1. The fourth-order valence-electron chi connectivity index (χ4n) is 2.44. The molecule has 1 N–H and O–H groups in total. The Morgan fingerprint density at radius 3 is 2.75 bits per heavy atom. The summed E-state index contributed by atoms with van der Waals surface area (Å²) in [4.78, 5) is 21.9. The van der Waals surface area contributed by atoms with Gasteiger partial charge >= 0.3 is 0 Å². The van der Waals surface area contributed by atoms with Crippen molar-refractivity contribution in [2.45, 2.75) is 19.1 Å². The van der Waals surface area contributed by atoms with Crippen molar-refractivity contribution in [1.29, 1.82) is 0 Å². The number of nitrogens with one attached hydrogen (secondary N) is 1. The fourth-order valence-corrected chi connectivity index (χ4v) is 4.59. The van der Waals surface area contributed by atoms with E-state index in [0.717, 1.165) is 26.8 Å². The van der Waals surface area contributed by atoms with Gasteiger partial charge in [-0.3, -0.25) is 4.79 Å². The Morgan fingerprint density at radius 1 is 1.18 bits per heavy atom. The number of aryl methyl sites for hydroxylation is 2. The molecule has 0 aliphatic heterocycles. The van der Waals surface area contributed by atoms with Gasteiger partial charge in [-0.1, -0.05) is 42.1 Å². The highest BCUT2D eigenvalue weighted by Gasteiger charge is 2.16. The Balaban J connectivity index is 1.34. The lowest BCUT2D eigenvalue weighted by Gasteiger charge is -1.99. The molecule has 10 heteroatoms. The molecule has 1 aromatic carbocycles. The van der Waals surface area contributed by atoms with Gasteiger partial charge in [-0.05, 0) is 13.8 Å². The molecule has 28 heavy (non-hydrogen) atoms. The van der Waals surface area contributed by atoms with E-state index in [1.807, 2.05) is 49.6 Å². The van der Waals surface area contributed by atoms with Crippen molar-refractivity contribution in [1.82, 2.24) is 20.2 Å². The molecule has 0 saturated carbocycles. The summed E-state index contributed by atoms with van der Waals surface area (Å²) in [5, 5.41) is 14.6. The Kier molecular flexibility index (Phi) is 5.51. The maximum Gasteiger partial charge on any atom is 0.277 e. The van der Waals surface area contributed by atoms with Crippen LogP contribution < -0.4 is 5.32 Å². The van der Waals surface area contributed by atoms with Crippen LogP contribution in [-0.2, 0) is 4.79 Å². The zero-order valence-electron chi connectivity index (χ0n) is 15.0. The second-order valence-electron chi connectivity index (χ2n) is 5.76. The van der Waals surface area contributed by atoms with Crippen molar-refractivity contribution in [3.8, 4) is 22.0 Å². The average molecular weight is 430 g/mol. The molecule has 0 atom stereocenters. The van der Waals surface area contributed by atoms with Crippen LogP contribution in [0.1, 0.15) is 10.7 Å². The fraction of sp³-hybridized carbons (Fsp3) is 0.167. The van der Waals surface area contributed by atoms with Gasteiger partial charge in [-0.15, -0.1) is 32.9 Å². The van der Waals surface area contributed by atoms with Gasteiger partial charge in [0.25, 0.3) is 11.1 Å². The number of thiazole rings is 2. The van der Waals surface area contributed by atoms with Gasteiger partial charge in [0.05, 0.1) is 22.1 Å². The van der Waals surface area contributed by atoms with Crippen LogP contribution in [0.3, 0.4) is 0 Å². The van der Waals surface area contributed by atoms with Crippen molar-refractivity contribution < 1.29 is 9.21 Å². The van der Waals surface area contributed by atoms with Crippen LogP contribution in [0.15, 0.2) is 45.4 Å². The Bertz CT molecular complexity index is 1100. The maximum atomic E-state index is 12.2. The third-order valence-electron chi connectivity index (χ3n) is 3.65. The van der Waals surface area contributed by atoms with Crippen molar-refractivity contribution in [2.24, 2.45) is 0 Å². The molecular formula is C18H15N5O2S3. The SMILES string of the molecule is Cc1nc(C)c(-c2nnc(SCC(=O)Nc3nc(-c4ccccc4)cs3)o2)s1. The molecule has 0 bridgehead atoms. The lowest BCUT2D eigenvalue weighted by Crippen LogP contribution is -2.13. The molecule has 142 valence electrons. The van der Waals surface area contributed by atoms with E-state index in [9.17, 15) is 4.79 Å². The van der Waals surface area contributed by atoms with Gasteiger partial charge in [0.15, 0.2) is 5.13 Å². The topological polar surface area (TPSA) is 93.8 Å². The van der Waals surface area contributed by atoms with E-state index < -0.39 is 0 Å². The first-order valence-electron chi connectivity index (χ1n) is 8.30. The van der Waals surface area contributed by atoms with E-state index in [1.165, 1.54) is 34.4 Å². The molecule has 0 aliphatic rings. The molecule has 0 spiro atoms. The molecule has 4 rings (SSSR count). The van der Waals surface area contributed by atoms with Crippen LogP contribution in [0.4, 0.5) is 5.13 Å². The molecule has 0 radical (unpaired) electrons. The standard InChI is InChI=1S/C18H15N5O2S3/c1-10-15(28-11(2)19-10)16-22-23-18(25-16)27-9-14(24)21-17-20-13(8-26-17)12-6-4-3-5-7-12/h3-8H,9H2,1-2H3,(H,20,21,24). The summed E-state index contributed by atoms with van der Waals surface area (Å²) in [7, 11) is 0. The summed E-state index contributed by atoms with van der Waals surface area (Å²) in [5.74, 6) is 0.407. The van der Waals surface area contributed by atoms with Crippen molar-refractivity contribution in [3.63, 3.8) is 0 Å². The van der Waals surface area contributed by atoms with Crippen LogP contribution in [0.2, 0.25) is 0 Å². The first-order chi connectivity index (χ1) is 13.6. The highest BCUT2D eigenvalue weighted by molar-refractivity contribution is 7.99. The van der Waals surface area contributed by atoms with E-state index >= 15 is 0 Å². The van der Waals surface area contributed by atoms with Gasteiger partial charge < -0.3 is 9.73 Å². The molecule has 3 aromatic heterocycles. The summed E-state index contributed by atoms with van der Waals surface area (Å²) in [6.45, 7) is 3.83. The van der Waals surface area contributed by atoms with Crippen molar-refractivity contribution >= 4 is 45.5 Å². The highest BCUT2D eigenvalue weighted by atomic mass is 32.2. The summed E-state index contributed by atoms with van der Waals surface area (Å²) in [5.41, 5.74) is 2.71. The second-order valence-corrected chi connectivity index (χ2v) is 8.75. The number of amides is 1. The molecular weight excluding hydrogens is 414 g/mol. The van der Waals surface area contributed by atoms with Gasteiger partial charge in [-0.2, -0.15) is 0 Å². The van der Waals surface area contributed by atoms with Gasteiger partial charge in [0, 0.05) is 10.9 Å². The normalized spacial score (nSPS) is 10.9. The van der Waals surface area contributed by atoms with E-state index in [4.69, 9.17) is 4.42 Å². The van der Waals surface area contributed by atoms with Crippen LogP contribution >= 0.6 is 34.4 Å². The molecule has 0 saturated heterocycles. The third kappa shape index (κ3) is 4.29. The summed E-state index contributed by atoms with van der Waals surface area (Å²) >= 11 is 4.08. The minimum absolute atomic E-state index is 0.155. The second kappa shape index (κ2) is 8.21. The number of rotatable bonds is 6. The molecule has 0 fully saturated rings. The number of aromatic nitrogens is 4. The highest BCUT2D eigenvalue weighted by Crippen LogP contribution is 2.30. The number of benzene rings is 1. The monoisotopic (exact) mass is 429 g/mol. The van der Waals surface area contributed by atoms with E-state index in [0.29, 0.717) is 16.2 Å². The van der Waals surface area contributed by atoms with E-state index in [-0.39, 0.29) is 11.7 Å². The van der Waals surface area contributed by atoms with E-state index in [2.05, 4.69) is 25.5 Å². The van der Waals surface area contributed by atoms with Gasteiger partial charge in [0.1, 0.15) is 4.88 Å². The number of carbonyl (C=O) groups excluding carboxylic acids is 1. The predicted octanol–water partition coefficient (Wildman–Crippen LogP) is 4.66. The minimum Gasteiger partial charge on any atom is -0.410 e. The lowest BCUT2D eigenvalue weighted by molar-refractivity contribution is -0.113. The maximum absolute atomic E-state index is 12.2.